The Hall–Kier alpha value is -7.33. The Morgan fingerprint density at radius 1 is 0.688 bits per heavy atom. The number of carbonyl (C=O) groups is 2. The fraction of sp³-hybridized carbons (Fsp3) is 0.266. The van der Waals surface area contributed by atoms with Crippen LogP contribution in [0.4, 0.5) is 11.6 Å². The molecule has 0 spiro atoms. The van der Waals surface area contributed by atoms with Gasteiger partial charge in [0, 0.05) is 43.5 Å². The van der Waals surface area contributed by atoms with Crippen LogP contribution >= 0.6 is 82.6 Å². The van der Waals surface area contributed by atoms with Gasteiger partial charge in [-0.3, -0.25) is 33.3 Å². The van der Waals surface area contributed by atoms with E-state index in [0.717, 1.165) is 35.4 Å². The number of fused-ring (bicyclic) bond motifs is 4. The number of esters is 1. The molecule has 0 saturated carbocycles. The molecule has 8 aromatic heterocycles. The molecule has 0 radical (unpaired) electrons. The summed E-state index contributed by atoms with van der Waals surface area (Å²) >= 11 is 10.1. The normalized spacial score (nSPS) is 13.5. The maximum atomic E-state index is 14.6. The number of nitrogens with zero attached hydrogens (tertiary/aromatic N) is 13. The zero-order chi connectivity index (χ0) is 66.4. The molecule has 1 saturated heterocycles. The summed E-state index contributed by atoms with van der Waals surface area (Å²) < 4.78 is 16.4. The molecule has 498 valence electrons. The number of H-pyrrole nitrogens is 1. The van der Waals surface area contributed by atoms with Crippen LogP contribution in [-0.2, 0) is 40.6 Å². The number of aromatic nitrogens is 14. The Morgan fingerprint density at radius 3 is 1.79 bits per heavy atom. The summed E-state index contributed by atoms with van der Waals surface area (Å²) in [5.74, 6) is 1.14. The standard InChI is InChI=1S/C35H37N9O4S.C28H26N10O3S.CH3.3HI.V/c1-3-24(41-31-30-33(38-20-37-31)43(21-39-30)28-15-8-9-16-48-28)32-42-25-14-10-11-22(29(25)34(45)44(32)23-12-6-5-7-13-23)17-36-18-27-40-26(19-49-27)35(46)47-4-2;1-2-18(35-25-23-24(31-14-30-23)32-15-33-25)26-36-19-10-6-7-16(11-29-12-21-34-20(13-42-21)27(39)37-41)22(19)28(40)38(26)17-8-4-3-5-9-17;;;;;/h5-7,10-14,19-21,24,28,36H,3-4,8-9,15-18H2,1-2H3,(H,37,38,41);3-10,13-15,18,29,41H,2,11-12H2,1H3,(H,37,39)(H2,30,31,32,33,35);1H3;3*1H;/q;;-1;;;;+3/p-3/t24-,28?;18-;;;;;/m00...../s1. The number of thiazole rings is 2. The second kappa shape index (κ2) is 34.3. The van der Waals surface area contributed by atoms with E-state index in [-0.39, 0.29) is 47.5 Å². The predicted octanol–water partition coefficient (Wildman–Crippen LogP) is 12.3. The first-order valence-corrected chi connectivity index (χ1v) is 45.5. The third-order valence-electron chi connectivity index (χ3n) is 15.3. The van der Waals surface area contributed by atoms with Gasteiger partial charge in [0.1, 0.15) is 51.8 Å². The van der Waals surface area contributed by atoms with Crippen molar-refractivity contribution in [2.24, 2.45) is 0 Å². The van der Waals surface area contributed by atoms with Crippen LogP contribution in [0, 0.1) is 7.43 Å². The molecule has 96 heavy (non-hydrogen) atoms. The second-order valence-corrected chi connectivity index (χ2v) is 58.5. The van der Waals surface area contributed by atoms with Crippen molar-refractivity contribution in [2.75, 3.05) is 23.8 Å². The number of nitrogens with one attached hydrogen (secondary N) is 6. The van der Waals surface area contributed by atoms with Crippen molar-refractivity contribution in [3.63, 3.8) is 0 Å². The summed E-state index contributed by atoms with van der Waals surface area (Å²) in [6.45, 7) is 8.41. The molecule has 3 atom stereocenters. The van der Waals surface area contributed by atoms with Crippen molar-refractivity contribution in [3.05, 3.63) is 205 Å². The Balaban J connectivity index is 0.000000198. The van der Waals surface area contributed by atoms with Crippen molar-refractivity contribution in [1.29, 1.82) is 0 Å². The first-order valence-electron chi connectivity index (χ1n) is 30.2. The first-order chi connectivity index (χ1) is 46.3. The molecular formula is C64H66I3N19O7S2V-. The van der Waals surface area contributed by atoms with E-state index in [0.29, 0.717) is 142 Å². The summed E-state index contributed by atoms with van der Waals surface area (Å²) in [6, 6.07) is 29.6. The minimum atomic E-state index is -0.663. The van der Waals surface area contributed by atoms with Gasteiger partial charge >= 0.3 is 70.8 Å². The number of para-hydroxylation sites is 2. The Kier molecular flexibility index (Phi) is 25.5. The summed E-state index contributed by atoms with van der Waals surface area (Å²) in [5, 5.41) is 28.2. The van der Waals surface area contributed by atoms with Crippen molar-refractivity contribution in [1.82, 2.24) is 84.6 Å². The van der Waals surface area contributed by atoms with E-state index in [1.807, 2.05) is 115 Å². The molecule has 12 aromatic rings. The Labute approximate surface area is 596 Å². The van der Waals surface area contributed by atoms with E-state index >= 15 is 0 Å². The number of aromatic amines is 1. The maximum absolute atomic E-state index is 14.6. The van der Waals surface area contributed by atoms with Crippen LogP contribution < -0.4 is 37.9 Å². The Bertz CT molecular complexity index is 4740. The van der Waals surface area contributed by atoms with Crippen molar-refractivity contribution < 1.29 is 29.2 Å². The average molecular weight is 1710 g/mol. The van der Waals surface area contributed by atoms with E-state index in [9.17, 15) is 19.2 Å². The molecule has 4 aromatic carbocycles. The van der Waals surface area contributed by atoms with Gasteiger partial charge in [-0.25, -0.2) is 60.1 Å². The molecule has 32 heteroatoms. The van der Waals surface area contributed by atoms with E-state index in [1.54, 1.807) is 45.0 Å². The number of anilines is 2. The van der Waals surface area contributed by atoms with E-state index in [4.69, 9.17) is 24.6 Å². The van der Waals surface area contributed by atoms with Crippen molar-refractivity contribution >= 4 is 150 Å². The number of imidazole rings is 2. The zero-order valence-corrected chi connectivity index (χ0v) is 61.8. The molecule has 26 nitrogen and oxygen atoms in total. The van der Waals surface area contributed by atoms with Gasteiger partial charge in [-0.1, -0.05) is 74.5 Å². The van der Waals surface area contributed by atoms with Crippen LogP contribution in [0.15, 0.2) is 143 Å². The molecule has 1 aliphatic rings. The molecule has 0 aliphatic carbocycles. The first kappa shape index (κ1) is 71.4. The molecule has 1 fully saturated rings. The van der Waals surface area contributed by atoms with Crippen molar-refractivity contribution in [3.8, 4) is 11.4 Å². The molecular weight excluding hydrogens is 1640 g/mol. The summed E-state index contributed by atoms with van der Waals surface area (Å²) in [5.41, 5.74) is 8.35. The van der Waals surface area contributed by atoms with Gasteiger partial charge < -0.3 is 43.2 Å². The minimum absolute atomic E-state index is 0. The van der Waals surface area contributed by atoms with Crippen LogP contribution in [0.5, 0.6) is 0 Å². The SMILES string of the molecule is CCOC(=O)c1csc(CNCc2cccc3nc([C@H](CC)Nc4ncnc5c4ncn5C4CCCCO4)n(-c4ccccc4)c(=O)c23)n1.CC[C@H](Nc1ncnc2nc[nH]c12)c1nc2cccc(CNCc3nc(C(=O)NO)cs3)c2c(=O)n1-c1ccccc1.[CH3-].[I][V]([I])[I]. The van der Waals surface area contributed by atoms with Gasteiger partial charge in [0.2, 0.25) is 0 Å². The van der Waals surface area contributed by atoms with E-state index in [1.165, 1.54) is 35.3 Å². The van der Waals surface area contributed by atoms with Gasteiger partial charge in [0.05, 0.1) is 64.5 Å². The van der Waals surface area contributed by atoms with Gasteiger partial charge in [-0.15, -0.1) is 22.7 Å². The second-order valence-electron chi connectivity index (χ2n) is 21.2. The van der Waals surface area contributed by atoms with Crippen molar-refractivity contribution in [2.45, 2.75) is 97.4 Å². The van der Waals surface area contributed by atoms with Crippen LogP contribution in [0.25, 0.3) is 55.5 Å². The fourth-order valence-corrected chi connectivity index (χ4v) is 12.4. The molecule has 1 unspecified atom stereocenters. The number of hydroxylamine groups is 1. The topological polar surface area (TPSA) is 327 Å². The molecule has 0 bridgehead atoms. The number of amides is 1. The number of halogens is 3. The van der Waals surface area contributed by atoms with E-state index < -0.39 is 11.9 Å². The summed E-state index contributed by atoms with van der Waals surface area (Å²) in [7, 11) is 0. The van der Waals surface area contributed by atoms with Crippen LogP contribution in [0.3, 0.4) is 0 Å². The zero-order valence-electron chi connectivity index (χ0n) is 52.3. The number of benzene rings is 4. The number of carbonyl (C=O) groups excluding carboxylic acids is 2. The molecule has 9 heterocycles. The summed E-state index contributed by atoms with van der Waals surface area (Å²) in [4.78, 5) is 101. The monoisotopic (exact) mass is 1710 g/mol. The quantitative estimate of drug-likeness (QED) is 0.0109. The molecule has 13 rings (SSSR count). The molecule has 7 N–H and O–H groups in total. The number of rotatable bonds is 22. The fourth-order valence-electron chi connectivity index (χ4n) is 10.9. The molecule has 1 aliphatic heterocycles. The van der Waals surface area contributed by atoms with Crippen LogP contribution in [0.2, 0.25) is 0 Å². The third-order valence-corrected chi connectivity index (χ3v) is 17.0. The summed E-state index contributed by atoms with van der Waals surface area (Å²) in [6.07, 6.45) is 10.5. The van der Waals surface area contributed by atoms with Gasteiger partial charge in [0.15, 0.2) is 34.1 Å². The Morgan fingerprint density at radius 2 is 1.24 bits per heavy atom. The van der Waals surface area contributed by atoms with Gasteiger partial charge in [-0.2, -0.15) is 0 Å². The van der Waals surface area contributed by atoms with Crippen LogP contribution in [0.1, 0.15) is 125 Å². The number of hydrogen-bond donors (Lipinski definition) is 7. The van der Waals surface area contributed by atoms with Gasteiger partial charge in [-0.05, 0) is 86.6 Å². The predicted molar refractivity (Wildman–Crippen MR) is 393 cm³/mol. The number of ether oxygens (including phenoxy) is 2. The van der Waals surface area contributed by atoms with Gasteiger partial charge in [0.25, 0.3) is 17.0 Å². The van der Waals surface area contributed by atoms with Crippen LogP contribution in [-0.4, -0.2) is 98.8 Å². The van der Waals surface area contributed by atoms with E-state index in [2.05, 4.69) is 126 Å². The number of hydrogen-bond acceptors (Lipinski definition) is 23. The third kappa shape index (κ3) is 16.8. The average Bonchev–Trinajstić information content (AvgIpc) is 0.984. The molecule has 1 amide bonds.